The van der Waals surface area contributed by atoms with Crippen molar-refractivity contribution in [2.75, 3.05) is 5.32 Å². The third kappa shape index (κ3) is 3.74. The van der Waals surface area contributed by atoms with Crippen LogP contribution in [0.5, 0.6) is 0 Å². The summed E-state index contributed by atoms with van der Waals surface area (Å²) < 4.78 is 38.2. The number of nitrogens with one attached hydrogen (secondary N) is 1. The van der Waals surface area contributed by atoms with E-state index in [0.717, 1.165) is 25.0 Å². The van der Waals surface area contributed by atoms with Crippen molar-refractivity contribution in [3.8, 4) is 0 Å². The van der Waals surface area contributed by atoms with E-state index in [1.807, 2.05) is 0 Å². The van der Waals surface area contributed by atoms with Gasteiger partial charge in [-0.3, -0.25) is 4.79 Å². The van der Waals surface area contributed by atoms with E-state index in [1.54, 1.807) is 6.92 Å². The van der Waals surface area contributed by atoms with E-state index in [9.17, 15) is 22.8 Å². The standard InChI is InChI=1S/C14H14F3NO3/c1-7(8-2-3-8)12(19)18-11-5-9(13(20)21)4-10(6-11)14(15,16)17/h4-8H,2-3H2,1H3,(H,18,19)(H,20,21). The zero-order chi connectivity index (χ0) is 15.8. The van der Waals surface area contributed by atoms with Crippen molar-refractivity contribution in [1.29, 1.82) is 0 Å². The van der Waals surface area contributed by atoms with Gasteiger partial charge in [-0.25, -0.2) is 4.79 Å². The Labute approximate surface area is 119 Å². The number of amides is 1. The van der Waals surface area contributed by atoms with Crippen LogP contribution in [0.3, 0.4) is 0 Å². The number of carbonyl (C=O) groups excluding carboxylic acids is 1. The van der Waals surface area contributed by atoms with Crippen LogP contribution in [0.4, 0.5) is 18.9 Å². The highest BCUT2D eigenvalue weighted by atomic mass is 19.4. The van der Waals surface area contributed by atoms with Gasteiger partial charge in [-0.15, -0.1) is 0 Å². The van der Waals surface area contributed by atoms with Crippen molar-refractivity contribution in [1.82, 2.24) is 0 Å². The third-order valence-electron chi connectivity index (χ3n) is 3.52. The van der Waals surface area contributed by atoms with Crippen molar-refractivity contribution >= 4 is 17.6 Å². The maximum Gasteiger partial charge on any atom is 0.416 e. The summed E-state index contributed by atoms with van der Waals surface area (Å²) in [5.74, 6) is -1.91. The van der Waals surface area contributed by atoms with E-state index >= 15 is 0 Å². The molecule has 1 fully saturated rings. The van der Waals surface area contributed by atoms with Crippen molar-refractivity contribution in [2.45, 2.75) is 25.9 Å². The first-order chi connectivity index (χ1) is 9.68. The third-order valence-corrected chi connectivity index (χ3v) is 3.52. The van der Waals surface area contributed by atoms with Gasteiger partial charge in [0.2, 0.25) is 5.91 Å². The minimum atomic E-state index is -4.67. The van der Waals surface area contributed by atoms with Crippen molar-refractivity contribution < 1.29 is 27.9 Å². The number of benzene rings is 1. The van der Waals surface area contributed by atoms with Crippen LogP contribution in [0, 0.1) is 11.8 Å². The molecule has 2 N–H and O–H groups in total. The highest BCUT2D eigenvalue weighted by molar-refractivity contribution is 5.95. The largest absolute Gasteiger partial charge is 0.478 e. The minimum Gasteiger partial charge on any atom is -0.478 e. The smallest absolute Gasteiger partial charge is 0.416 e. The lowest BCUT2D eigenvalue weighted by Gasteiger charge is -2.14. The zero-order valence-electron chi connectivity index (χ0n) is 11.2. The fraction of sp³-hybridized carbons (Fsp3) is 0.429. The van der Waals surface area contributed by atoms with Crippen LogP contribution in [-0.4, -0.2) is 17.0 Å². The lowest BCUT2D eigenvalue weighted by Crippen LogP contribution is -2.22. The second-order valence-electron chi connectivity index (χ2n) is 5.22. The van der Waals surface area contributed by atoms with Crippen LogP contribution in [0.1, 0.15) is 35.7 Å². The normalized spacial score (nSPS) is 16.4. The van der Waals surface area contributed by atoms with E-state index in [-0.39, 0.29) is 17.5 Å². The number of carbonyl (C=O) groups is 2. The fourth-order valence-electron chi connectivity index (χ4n) is 2.05. The molecule has 0 aliphatic heterocycles. The molecule has 0 heterocycles. The monoisotopic (exact) mass is 301 g/mol. The maximum absolute atomic E-state index is 12.7. The van der Waals surface area contributed by atoms with Crippen LogP contribution in [0.25, 0.3) is 0 Å². The Morgan fingerprint density at radius 2 is 1.90 bits per heavy atom. The summed E-state index contributed by atoms with van der Waals surface area (Å²) in [7, 11) is 0. The summed E-state index contributed by atoms with van der Waals surface area (Å²) in [5.41, 5.74) is -1.77. The Hall–Kier alpha value is -2.05. The Morgan fingerprint density at radius 1 is 1.29 bits per heavy atom. The van der Waals surface area contributed by atoms with Gasteiger partial charge in [-0.1, -0.05) is 6.92 Å². The summed E-state index contributed by atoms with van der Waals surface area (Å²) in [6.07, 6.45) is -2.82. The predicted molar refractivity (Wildman–Crippen MR) is 68.9 cm³/mol. The van der Waals surface area contributed by atoms with Gasteiger partial charge in [0, 0.05) is 11.6 Å². The molecular formula is C14H14F3NO3. The lowest BCUT2D eigenvalue weighted by atomic mass is 10.0. The predicted octanol–water partition coefficient (Wildman–Crippen LogP) is 3.39. The summed E-state index contributed by atoms with van der Waals surface area (Å²) in [6.45, 7) is 1.71. The summed E-state index contributed by atoms with van der Waals surface area (Å²) >= 11 is 0. The van der Waals surface area contributed by atoms with Crippen LogP contribution in [-0.2, 0) is 11.0 Å². The summed E-state index contributed by atoms with van der Waals surface area (Å²) in [6, 6.07) is 2.31. The second-order valence-corrected chi connectivity index (χ2v) is 5.22. The zero-order valence-corrected chi connectivity index (χ0v) is 11.2. The van der Waals surface area contributed by atoms with Gasteiger partial charge < -0.3 is 10.4 Å². The van der Waals surface area contributed by atoms with Crippen LogP contribution in [0.15, 0.2) is 18.2 Å². The Morgan fingerprint density at radius 3 is 2.38 bits per heavy atom. The number of halogens is 3. The van der Waals surface area contributed by atoms with Crippen LogP contribution >= 0.6 is 0 Å². The highest BCUT2D eigenvalue weighted by Gasteiger charge is 2.34. The molecule has 114 valence electrons. The number of aromatic carboxylic acids is 1. The molecule has 1 amide bonds. The molecule has 1 unspecified atom stereocenters. The molecule has 0 spiro atoms. The molecule has 1 aliphatic carbocycles. The molecule has 0 bridgehead atoms. The molecule has 1 atom stereocenters. The Kier molecular flexibility index (Phi) is 3.93. The fourth-order valence-corrected chi connectivity index (χ4v) is 2.05. The van der Waals surface area contributed by atoms with E-state index < -0.39 is 29.2 Å². The van der Waals surface area contributed by atoms with Crippen molar-refractivity contribution in [3.05, 3.63) is 29.3 Å². The number of hydrogen-bond acceptors (Lipinski definition) is 2. The van der Waals surface area contributed by atoms with Gasteiger partial charge in [-0.05, 0) is 37.0 Å². The molecular weight excluding hydrogens is 287 g/mol. The number of carboxylic acid groups (broad SMARTS) is 1. The first kappa shape index (κ1) is 15.3. The average Bonchev–Trinajstić information content (AvgIpc) is 3.20. The Bertz CT molecular complexity index is 579. The molecule has 2 rings (SSSR count). The second kappa shape index (κ2) is 5.38. The summed E-state index contributed by atoms with van der Waals surface area (Å²) in [4.78, 5) is 22.8. The van der Waals surface area contributed by atoms with Crippen LogP contribution in [0.2, 0.25) is 0 Å². The molecule has 0 radical (unpaired) electrons. The molecule has 4 nitrogen and oxygen atoms in total. The molecule has 0 saturated heterocycles. The van der Waals surface area contributed by atoms with Gasteiger partial charge in [0.1, 0.15) is 0 Å². The molecule has 1 aliphatic rings. The number of alkyl halides is 3. The van der Waals surface area contributed by atoms with Gasteiger partial charge in [0.25, 0.3) is 0 Å². The number of carboxylic acids is 1. The average molecular weight is 301 g/mol. The van der Waals surface area contributed by atoms with Crippen molar-refractivity contribution in [3.63, 3.8) is 0 Å². The minimum absolute atomic E-state index is 0.153. The quantitative estimate of drug-likeness (QED) is 0.896. The number of anilines is 1. The summed E-state index contributed by atoms with van der Waals surface area (Å²) in [5, 5.41) is 11.2. The molecule has 0 aromatic heterocycles. The SMILES string of the molecule is CC(C(=O)Nc1cc(C(=O)O)cc(C(F)(F)F)c1)C1CC1. The number of rotatable bonds is 4. The van der Waals surface area contributed by atoms with E-state index in [0.29, 0.717) is 6.07 Å². The van der Waals surface area contributed by atoms with Gasteiger partial charge in [0.05, 0.1) is 11.1 Å². The first-order valence-electron chi connectivity index (χ1n) is 6.45. The number of hydrogen-bond donors (Lipinski definition) is 2. The van der Waals surface area contributed by atoms with E-state index in [1.165, 1.54) is 0 Å². The van der Waals surface area contributed by atoms with E-state index in [2.05, 4.69) is 5.32 Å². The topological polar surface area (TPSA) is 66.4 Å². The molecule has 1 aromatic carbocycles. The molecule has 1 saturated carbocycles. The maximum atomic E-state index is 12.7. The van der Waals surface area contributed by atoms with Gasteiger partial charge in [-0.2, -0.15) is 13.2 Å². The first-order valence-corrected chi connectivity index (χ1v) is 6.45. The van der Waals surface area contributed by atoms with Gasteiger partial charge >= 0.3 is 12.1 Å². The Balaban J connectivity index is 2.27. The molecule has 1 aromatic rings. The van der Waals surface area contributed by atoms with E-state index in [4.69, 9.17) is 5.11 Å². The molecule has 21 heavy (non-hydrogen) atoms. The van der Waals surface area contributed by atoms with Crippen LogP contribution < -0.4 is 5.32 Å². The highest BCUT2D eigenvalue weighted by Crippen LogP contribution is 2.37. The van der Waals surface area contributed by atoms with Crippen molar-refractivity contribution in [2.24, 2.45) is 11.8 Å². The molecule has 7 heteroatoms. The van der Waals surface area contributed by atoms with Gasteiger partial charge in [0.15, 0.2) is 0 Å². The lowest BCUT2D eigenvalue weighted by molar-refractivity contribution is -0.137.